The Balaban J connectivity index is 2.02. The topological polar surface area (TPSA) is 12.0 Å². The van der Waals surface area contributed by atoms with E-state index in [4.69, 9.17) is 0 Å². The van der Waals surface area contributed by atoms with Crippen molar-refractivity contribution in [1.29, 1.82) is 0 Å². The number of hydrogen-bond acceptors (Lipinski definition) is 1. The van der Waals surface area contributed by atoms with E-state index in [1.807, 2.05) is 6.08 Å². The number of hydrogen-bond donors (Lipinski definition) is 1. The van der Waals surface area contributed by atoms with Crippen LogP contribution in [-0.2, 0) is 6.42 Å². The van der Waals surface area contributed by atoms with Gasteiger partial charge in [-0.05, 0) is 37.3 Å². The van der Waals surface area contributed by atoms with E-state index in [-0.39, 0.29) is 0 Å². The van der Waals surface area contributed by atoms with Gasteiger partial charge in [0.1, 0.15) is 0 Å². The van der Waals surface area contributed by atoms with Crippen LogP contribution in [0.15, 0.2) is 36.9 Å². The predicted molar refractivity (Wildman–Crippen MR) is 61.6 cm³/mol. The summed E-state index contributed by atoms with van der Waals surface area (Å²) < 4.78 is 0. The molecule has 0 bridgehead atoms. The van der Waals surface area contributed by atoms with E-state index in [1.165, 1.54) is 30.5 Å². The Morgan fingerprint density at radius 2 is 2.29 bits per heavy atom. The van der Waals surface area contributed by atoms with Crippen LogP contribution in [0.5, 0.6) is 0 Å². The molecule has 1 aliphatic rings. The summed E-state index contributed by atoms with van der Waals surface area (Å²) in [5.41, 5.74) is 2.79. The van der Waals surface area contributed by atoms with Gasteiger partial charge in [0.05, 0.1) is 0 Å². The molecule has 0 unspecified atom stereocenters. The maximum Gasteiger partial charge on any atom is 0.0374 e. The molecular weight excluding hydrogens is 170 g/mol. The molecule has 0 fully saturated rings. The Bertz CT molecular complexity index is 317. The van der Waals surface area contributed by atoms with Crippen LogP contribution in [0.2, 0.25) is 0 Å². The highest BCUT2D eigenvalue weighted by molar-refractivity contribution is 5.53. The number of fused-ring (bicyclic) bond motifs is 1. The minimum atomic E-state index is 0.642. The first-order valence-electron chi connectivity index (χ1n) is 5.35. The monoisotopic (exact) mass is 187 g/mol. The molecule has 2 rings (SSSR count). The average Bonchev–Trinajstić information content (AvgIpc) is 2.26. The third-order valence-corrected chi connectivity index (χ3v) is 2.86. The van der Waals surface area contributed by atoms with Gasteiger partial charge in [-0.1, -0.05) is 24.3 Å². The fraction of sp³-hybridized carbons (Fsp3) is 0.385. The van der Waals surface area contributed by atoms with Crippen molar-refractivity contribution in [3.63, 3.8) is 0 Å². The summed E-state index contributed by atoms with van der Waals surface area (Å²) in [6.45, 7) is 3.76. The molecule has 0 spiro atoms. The minimum absolute atomic E-state index is 0.642. The Hall–Kier alpha value is -1.24. The molecular formula is C13H17N. The summed E-state index contributed by atoms with van der Waals surface area (Å²) in [5.74, 6) is 0. The van der Waals surface area contributed by atoms with Crippen LogP contribution in [0.1, 0.15) is 24.8 Å². The van der Waals surface area contributed by atoms with Gasteiger partial charge in [-0.25, -0.2) is 0 Å². The third-order valence-electron chi connectivity index (χ3n) is 2.86. The molecule has 74 valence electrons. The van der Waals surface area contributed by atoms with Gasteiger partial charge in [-0.2, -0.15) is 0 Å². The highest BCUT2D eigenvalue weighted by Gasteiger charge is 2.15. The molecule has 1 aromatic rings. The fourth-order valence-electron chi connectivity index (χ4n) is 2.04. The number of benzene rings is 1. The second kappa shape index (κ2) is 4.32. The molecule has 0 aromatic heterocycles. The van der Waals surface area contributed by atoms with Crippen LogP contribution in [0.3, 0.4) is 0 Å². The van der Waals surface area contributed by atoms with Gasteiger partial charge in [0.25, 0.3) is 0 Å². The lowest BCUT2D eigenvalue weighted by atomic mass is 9.95. The van der Waals surface area contributed by atoms with Crippen molar-refractivity contribution >= 4 is 5.69 Å². The second-order valence-electron chi connectivity index (χ2n) is 3.90. The SMILES string of the molecule is C=CCC[C@H]1CCc2ccccc2N1. The van der Waals surface area contributed by atoms with Gasteiger partial charge < -0.3 is 5.32 Å². The van der Waals surface area contributed by atoms with E-state index >= 15 is 0 Å². The summed E-state index contributed by atoms with van der Waals surface area (Å²) in [5, 5.41) is 3.58. The van der Waals surface area contributed by atoms with Crippen LogP contribution in [0, 0.1) is 0 Å². The Morgan fingerprint density at radius 1 is 1.43 bits per heavy atom. The molecule has 1 N–H and O–H groups in total. The Kier molecular flexibility index (Phi) is 2.87. The summed E-state index contributed by atoms with van der Waals surface area (Å²) >= 11 is 0. The number of aryl methyl sites for hydroxylation is 1. The molecule has 14 heavy (non-hydrogen) atoms. The molecule has 1 nitrogen and oxygen atoms in total. The molecule has 0 saturated carbocycles. The normalized spacial score (nSPS) is 19.6. The standard InChI is InChI=1S/C13H17N/c1-2-3-7-12-10-9-11-6-4-5-8-13(11)14-12/h2,4-6,8,12,14H,1,3,7,9-10H2/t12-/m0/s1. The summed E-state index contributed by atoms with van der Waals surface area (Å²) in [6.07, 6.45) is 6.79. The van der Waals surface area contributed by atoms with Crippen LogP contribution in [0.4, 0.5) is 5.69 Å². The zero-order valence-corrected chi connectivity index (χ0v) is 8.50. The van der Waals surface area contributed by atoms with Crippen molar-refractivity contribution in [3.05, 3.63) is 42.5 Å². The molecule has 1 aromatic carbocycles. The molecule has 0 saturated heterocycles. The highest BCUT2D eigenvalue weighted by Crippen LogP contribution is 2.25. The lowest BCUT2D eigenvalue weighted by Crippen LogP contribution is -2.24. The minimum Gasteiger partial charge on any atom is -0.382 e. The quantitative estimate of drug-likeness (QED) is 0.715. The van der Waals surface area contributed by atoms with E-state index in [2.05, 4.69) is 36.2 Å². The second-order valence-corrected chi connectivity index (χ2v) is 3.90. The Labute approximate surface area is 85.8 Å². The van der Waals surface area contributed by atoms with Gasteiger partial charge in [-0.3, -0.25) is 0 Å². The van der Waals surface area contributed by atoms with E-state index < -0.39 is 0 Å². The lowest BCUT2D eigenvalue weighted by molar-refractivity contribution is 0.592. The van der Waals surface area contributed by atoms with Gasteiger partial charge in [-0.15, -0.1) is 6.58 Å². The molecule has 0 radical (unpaired) electrons. The largest absolute Gasteiger partial charge is 0.382 e. The molecule has 1 heteroatoms. The van der Waals surface area contributed by atoms with Crippen molar-refractivity contribution in [2.24, 2.45) is 0 Å². The van der Waals surface area contributed by atoms with Gasteiger partial charge in [0.15, 0.2) is 0 Å². The molecule has 0 aliphatic carbocycles. The van der Waals surface area contributed by atoms with E-state index in [0.29, 0.717) is 6.04 Å². The number of para-hydroxylation sites is 1. The third kappa shape index (κ3) is 1.98. The van der Waals surface area contributed by atoms with E-state index in [0.717, 1.165) is 6.42 Å². The van der Waals surface area contributed by atoms with Crippen molar-refractivity contribution in [2.45, 2.75) is 31.7 Å². The van der Waals surface area contributed by atoms with E-state index in [9.17, 15) is 0 Å². The molecule has 1 atom stereocenters. The van der Waals surface area contributed by atoms with Crippen LogP contribution < -0.4 is 5.32 Å². The summed E-state index contributed by atoms with van der Waals surface area (Å²) in [7, 11) is 0. The number of anilines is 1. The van der Waals surface area contributed by atoms with Crippen LogP contribution in [0.25, 0.3) is 0 Å². The molecule has 1 aliphatic heterocycles. The first-order valence-corrected chi connectivity index (χ1v) is 5.35. The van der Waals surface area contributed by atoms with Crippen molar-refractivity contribution in [3.8, 4) is 0 Å². The smallest absolute Gasteiger partial charge is 0.0374 e. The van der Waals surface area contributed by atoms with Gasteiger partial charge in [0, 0.05) is 11.7 Å². The Morgan fingerprint density at radius 3 is 3.14 bits per heavy atom. The van der Waals surface area contributed by atoms with E-state index in [1.54, 1.807) is 0 Å². The van der Waals surface area contributed by atoms with Crippen molar-refractivity contribution < 1.29 is 0 Å². The average molecular weight is 187 g/mol. The van der Waals surface area contributed by atoms with Crippen LogP contribution in [-0.4, -0.2) is 6.04 Å². The first-order chi connectivity index (χ1) is 6.90. The maximum absolute atomic E-state index is 3.76. The predicted octanol–water partition coefficient (Wildman–Crippen LogP) is 3.38. The summed E-state index contributed by atoms with van der Waals surface area (Å²) in [4.78, 5) is 0. The fourth-order valence-corrected chi connectivity index (χ4v) is 2.04. The number of rotatable bonds is 3. The number of allylic oxidation sites excluding steroid dienone is 1. The lowest BCUT2D eigenvalue weighted by Gasteiger charge is -2.26. The zero-order valence-electron chi connectivity index (χ0n) is 8.50. The number of nitrogens with one attached hydrogen (secondary N) is 1. The van der Waals surface area contributed by atoms with Crippen molar-refractivity contribution in [1.82, 2.24) is 0 Å². The van der Waals surface area contributed by atoms with Gasteiger partial charge >= 0.3 is 0 Å². The zero-order chi connectivity index (χ0) is 9.80. The molecule has 1 heterocycles. The molecule has 0 amide bonds. The van der Waals surface area contributed by atoms with Gasteiger partial charge in [0.2, 0.25) is 0 Å². The highest BCUT2D eigenvalue weighted by atomic mass is 14.9. The maximum atomic E-state index is 3.76. The van der Waals surface area contributed by atoms with Crippen LogP contribution >= 0.6 is 0 Å². The summed E-state index contributed by atoms with van der Waals surface area (Å²) in [6, 6.07) is 9.25. The van der Waals surface area contributed by atoms with Crippen molar-refractivity contribution in [2.75, 3.05) is 5.32 Å². The first kappa shape index (κ1) is 9.32.